The second-order valence-corrected chi connectivity index (χ2v) is 7.54. The second kappa shape index (κ2) is 8.68. The molecule has 31 heavy (non-hydrogen) atoms. The third-order valence-corrected chi connectivity index (χ3v) is 5.35. The molecule has 4 aromatic rings. The number of hydrogen-bond donors (Lipinski definition) is 0. The molecule has 4 rings (SSSR count). The third kappa shape index (κ3) is 4.19. The Balaban J connectivity index is 1.60. The fourth-order valence-corrected chi connectivity index (χ4v) is 3.70. The zero-order valence-electron chi connectivity index (χ0n) is 17.3. The molecule has 0 saturated carbocycles. The molecule has 0 spiro atoms. The molecule has 0 saturated heterocycles. The second-order valence-electron chi connectivity index (χ2n) is 7.54. The topological polar surface area (TPSA) is 43.6 Å². The zero-order valence-corrected chi connectivity index (χ0v) is 17.3. The van der Waals surface area contributed by atoms with Crippen LogP contribution in [0, 0.1) is 18.6 Å². The number of carbonyl (C=O) groups excluding carboxylic acids is 1. The van der Waals surface area contributed by atoms with Gasteiger partial charge in [0.1, 0.15) is 23.9 Å². The van der Waals surface area contributed by atoms with Gasteiger partial charge in [0, 0.05) is 12.6 Å². The predicted octanol–water partition coefficient (Wildman–Crippen LogP) is 5.88. The molecule has 2 aromatic heterocycles. The lowest BCUT2D eigenvalue weighted by atomic mass is 9.94. The van der Waals surface area contributed by atoms with E-state index in [2.05, 4.69) is 4.98 Å². The van der Waals surface area contributed by atoms with Crippen molar-refractivity contribution in [3.8, 4) is 5.75 Å². The molecule has 0 fully saturated rings. The van der Waals surface area contributed by atoms with Crippen molar-refractivity contribution in [2.45, 2.75) is 32.8 Å². The Labute approximate surface area is 179 Å². The van der Waals surface area contributed by atoms with Gasteiger partial charge in [-0.05, 0) is 42.7 Å². The summed E-state index contributed by atoms with van der Waals surface area (Å²) in [6.45, 7) is 3.51. The molecular formula is C25H22F2N2O2. The number of ether oxygens (including phenoxy) is 1. The first-order chi connectivity index (χ1) is 15.0. The van der Waals surface area contributed by atoms with Gasteiger partial charge in [-0.3, -0.25) is 9.20 Å². The van der Waals surface area contributed by atoms with Crippen LogP contribution in [-0.4, -0.2) is 15.2 Å². The van der Waals surface area contributed by atoms with E-state index in [4.69, 9.17) is 4.74 Å². The summed E-state index contributed by atoms with van der Waals surface area (Å²) in [6, 6.07) is 16.9. The van der Waals surface area contributed by atoms with Crippen molar-refractivity contribution in [2.24, 2.45) is 0 Å². The van der Waals surface area contributed by atoms with Crippen LogP contribution < -0.4 is 4.74 Å². The van der Waals surface area contributed by atoms with Gasteiger partial charge in [0.25, 0.3) is 0 Å². The minimum absolute atomic E-state index is 0.0290. The Kier molecular flexibility index (Phi) is 5.80. The van der Waals surface area contributed by atoms with E-state index in [9.17, 15) is 13.6 Å². The summed E-state index contributed by atoms with van der Waals surface area (Å²) in [5.41, 5.74) is 2.45. The van der Waals surface area contributed by atoms with Crippen molar-refractivity contribution < 1.29 is 18.3 Å². The zero-order chi connectivity index (χ0) is 22.0. The van der Waals surface area contributed by atoms with Crippen LogP contribution in [0.2, 0.25) is 0 Å². The van der Waals surface area contributed by atoms with E-state index in [0.29, 0.717) is 29.2 Å². The van der Waals surface area contributed by atoms with Crippen molar-refractivity contribution in [3.63, 3.8) is 0 Å². The van der Waals surface area contributed by atoms with E-state index in [1.54, 1.807) is 29.7 Å². The van der Waals surface area contributed by atoms with Crippen LogP contribution in [0.1, 0.15) is 46.6 Å². The van der Waals surface area contributed by atoms with E-state index in [1.807, 2.05) is 37.3 Å². The average molecular weight is 420 g/mol. The van der Waals surface area contributed by atoms with Gasteiger partial charge in [0.05, 0.1) is 11.3 Å². The Bertz CT molecular complexity index is 1210. The normalized spacial score (nSPS) is 12.1. The molecule has 0 radical (unpaired) electrons. The van der Waals surface area contributed by atoms with E-state index in [0.717, 1.165) is 5.56 Å². The molecule has 0 unspecified atom stereocenters. The minimum atomic E-state index is -0.669. The van der Waals surface area contributed by atoms with Gasteiger partial charge in [-0.15, -0.1) is 0 Å². The number of carbonyl (C=O) groups is 1. The SMILES string of the molecule is Cc1nc2c(OCc3c(F)cccc3F)cccn2c1C(=O)C[C@@H](C)c1ccccc1. The monoisotopic (exact) mass is 420 g/mol. The summed E-state index contributed by atoms with van der Waals surface area (Å²) in [7, 11) is 0. The highest BCUT2D eigenvalue weighted by molar-refractivity contribution is 5.97. The number of fused-ring (bicyclic) bond motifs is 1. The van der Waals surface area contributed by atoms with Crippen molar-refractivity contribution in [1.82, 2.24) is 9.38 Å². The summed E-state index contributed by atoms with van der Waals surface area (Å²) in [6.07, 6.45) is 2.08. The van der Waals surface area contributed by atoms with Crippen molar-refractivity contribution in [1.29, 1.82) is 0 Å². The molecule has 158 valence electrons. The highest BCUT2D eigenvalue weighted by atomic mass is 19.1. The summed E-state index contributed by atoms with van der Waals surface area (Å²) >= 11 is 0. The summed E-state index contributed by atoms with van der Waals surface area (Å²) in [5, 5.41) is 0. The number of nitrogens with zero attached hydrogens (tertiary/aromatic N) is 2. The lowest BCUT2D eigenvalue weighted by Crippen LogP contribution is -2.09. The van der Waals surface area contributed by atoms with Crippen LogP contribution in [0.3, 0.4) is 0 Å². The highest BCUT2D eigenvalue weighted by Gasteiger charge is 2.21. The average Bonchev–Trinajstić information content (AvgIpc) is 3.10. The number of benzene rings is 2. The predicted molar refractivity (Wildman–Crippen MR) is 114 cm³/mol. The number of aryl methyl sites for hydroxylation is 1. The maximum Gasteiger partial charge on any atom is 0.182 e. The number of rotatable bonds is 7. The number of aromatic nitrogens is 2. The van der Waals surface area contributed by atoms with Crippen molar-refractivity contribution in [2.75, 3.05) is 0 Å². The fraction of sp³-hybridized carbons (Fsp3) is 0.200. The van der Waals surface area contributed by atoms with Crippen molar-refractivity contribution in [3.05, 3.63) is 101 Å². The number of halogens is 2. The van der Waals surface area contributed by atoms with Crippen LogP contribution in [0.15, 0.2) is 66.9 Å². The van der Waals surface area contributed by atoms with E-state index in [-0.39, 0.29) is 23.9 Å². The van der Waals surface area contributed by atoms with Crippen LogP contribution in [0.5, 0.6) is 5.75 Å². The van der Waals surface area contributed by atoms with Crippen LogP contribution in [0.4, 0.5) is 8.78 Å². The Morgan fingerprint density at radius 3 is 2.45 bits per heavy atom. The first-order valence-electron chi connectivity index (χ1n) is 10.1. The van der Waals surface area contributed by atoms with E-state index in [1.165, 1.54) is 18.2 Å². The molecule has 0 N–H and O–H groups in total. The van der Waals surface area contributed by atoms with Gasteiger partial charge >= 0.3 is 0 Å². The molecular weight excluding hydrogens is 398 g/mol. The molecule has 1 atom stereocenters. The van der Waals surface area contributed by atoms with Gasteiger partial charge in [-0.2, -0.15) is 0 Å². The van der Waals surface area contributed by atoms with Crippen LogP contribution in [0.25, 0.3) is 5.65 Å². The standard InChI is InChI=1S/C25H22F2N2O2/c1-16(18-8-4-3-5-9-18)14-22(30)24-17(2)28-25-23(12-7-13-29(24)25)31-15-19-20(26)10-6-11-21(19)27/h3-13,16H,14-15H2,1-2H3/t16-/m1/s1. The molecule has 0 bridgehead atoms. The fourth-order valence-electron chi connectivity index (χ4n) is 3.70. The summed E-state index contributed by atoms with van der Waals surface area (Å²) in [5.74, 6) is -0.960. The maximum absolute atomic E-state index is 13.9. The van der Waals surface area contributed by atoms with Gasteiger partial charge in [0.15, 0.2) is 17.2 Å². The first-order valence-corrected chi connectivity index (χ1v) is 10.1. The number of ketones is 1. The van der Waals surface area contributed by atoms with Crippen LogP contribution in [-0.2, 0) is 6.61 Å². The number of pyridine rings is 1. The highest BCUT2D eigenvalue weighted by Crippen LogP contribution is 2.27. The Hall–Kier alpha value is -3.54. The van der Waals surface area contributed by atoms with Gasteiger partial charge < -0.3 is 4.74 Å². The summed E-state index contributed by atoms with van der Waals surface area (Å²) < 4.78 is 35.2. The number of imidazole rings is 1. The van der Waals surface area contributed by atoms with Crippen molar-refractivity contribution >= 4 is 11.4 Å². The Morgan fingerprint density at radius 1 is 1.03 bits per heavy atom. The molecule has 0 aliphatic rings. The summed E-state index contributed by atoms with van der Waals surface area (Å²) in [4.78, 5) is 17.6. The lowest BCUT2D eigenvalue weighted by molar-refractivity contribution is 0.0969. The smallest absolute Gasteiger partial charge is 0.182 e. The van der Waals surface area contributed by atoms with Crippen LogP contribution >= 0.6 is 0 Å². The molecule has 0 aliphatic carbocycles. The molecule has 2 aromatic carbocycles. The third-order valence-electron chi connectivity index (χ3n) is 5.35. The molecule has 2 heterocycles. The van der Waals surface area contributed by atoms with E-state index < -0.39 is 11.6 Å². The quantitative estimate of drug-likeness (QED) is 0.351. The minimum Gasteiger partial charge on any atom is -0.485 e. The maximum atomic E-state index is 13.9. The molecule has 6 heteroatoms. The molecule has 4 nitrogen and oxygen atoms in total. The first kappa shape index (κ1) is 20.7. The Morgan fingerprint density at radius 2 is 1.74 bits per heavy atom. The van der Waals surface area contributed by atoms with Gasteiger partial charge in [-0.25, -0.2) is 13.8 Å². The lowest BCUT2D eigenvalue weighted by Gasteiger charge is -2.12. The largest absolute Gasteiger partial charge is 0.485 e. The van der Waals surface area contributed by atoms with E-state index >= 15 is 0 Å². The molecule has 0 aliphatic heterocycles. The number of Topliss-reactive ketones (excluding diaryl/α,β-unsaturated/α-hetero) is 1. The number of hydrogen-bond acceptors (Lipinski definition) is 3. The molecule has 0 amide bonds. The van der Waals surface area contributed by atoms with Gasteiger partial charge in [-0.1, -0.05) is 43.3 Å². The van der Waals surface area contributed by atoms with Gasteiger partial charge in [0.2, 0.25) is 0 Å².